The second-order valence-corrected chi connectivity index (χ2v) is 6.70. The minimum Gasteiger partial charge on any atom is -0.309 e. The number of nitrogens with zero attached hydrogens (tertiary/aromatic N) is 1. The third-order valence-corrected chi connectivity index (χ3v) is 4.92. The lowest BCUT2D eigenvalue weighted by molar-refractivity contribution is 0.225. The van der Waals surface area contributed by atoms with Crippen LogP contribution in [0.3, 0.4) is 0 Å². The topological polar surface area (TPSA) is 15.3 Å². The van der Waals surface area contributed by atoms with Gasteiger partial charge in [0.1, 0.15) is 0 Å². The molecule has 1 aliphatic rings. The van der Waals surface area contributed by atoms with Crippen LogP contribution in [0.25, 0.3) is 0 Å². The first kappa shape index (κ1) is 14.0. The lowest BCUT2D eigenvalue weighted by atomic mass is 10.1. The van der Waals surface area contributed by atoms with Crippen LogP contribution in [0.4, 0.5) is 0 Å². The Morgan fingerprint density at radius 3 is 2.72 bits per heavy atom. The van der Waals surface area contributed by atoms with Crippen LogP contribution in [0, 0.1) is 6.92 Å². The molecular formula is C15H26N2S. The molecule has 0 radical (unpaired) electrons. The molecule has 1 fully saturated rings. The maximum Gasteiger partial charge on any atom is 0.0386 e. The van der Waals surface area contributed by atoms with Crippen molar-refractivity contribution in [1.82, 2.24) is 10.2 Å². The summed E-state index contributed by atoms with van der Waals surface area (Å²) in [5, 5.41) is 3.64. The third kappa shape index (κ3) is 4.38. The van der Waals surface area contributed by atoms with Gasteiger partial charge in [-0.2, -0.15) is 0 Å². The number of thiophene rings is 1. The fourth-order valence-corrected chi connectivity index (χ4v) is 3.50. The van der Waals surface area contributed by atoms with Crippen LogP contribution in [0.5, 0.6) is 0 Å². The molecule has 0 bridgehead atoms. The normalized spacial score (nSPS) is 19.0. The summed E-state index contributed by atoms with van der Waals surface area (Å²) in [6.45, 7) is 9.49. The SMILES string of the molecule is Cc1ccc(C(C)NCCCN2CCCCC2)s1. The number of likely N-dealkylation sites (tertiary alicyclic amines) is 1. The Morgan fingerprint density at radius 1 is 1.28 bits per heavy atom. The summed E-state index contributed by atoms with van der Waals surface area (Å²) in [5.41, 5.74) is 0. The summed E-state index contributed by atoms with van der Waals surface area (Å²) in [6, 6.07) is 4.97. The second-order valence-electron chi connectivity index (χ2n) is 5.38. The van der Waals surface area contributed by atoms with Gasteiger partial charge < -0.3 is 10.2 Å². The van der Waals surface area contributed by atoms with Crippen LogP contribution >= 0.6 is 11.3 Å². The second kappa shape index (κ2) is 7.27. The van der Waals surface area contributed by atoms with Gasteiger partial charge in [-0.15, -0.1) is 11.3 Å². The molecule has 1 unspecified atom stereocenters. The summed E-state index contributed by atoms with van der Waals surface area (Å²) in [6.07, 6.45) is 5.51. The van der Waals surface area contributed by atoms with Crippen LogP contribution in [0.1, 0.15) is 48.4 Å². The lowest BCUT2D eigenvalue weighted by Crippen LogP contribution is -2.32. The smallest absolute Gasteiger partial charge is 0.0386 e. The molecule has 1 atom stereocenters. The number of hydrogen-bond acceptors (Lipinski definition) is 3. The van der Waals surface area contributed by atoms with Gasteiger partial charge in [0.05, 0.1) is 0 Å². The van der Waals surface area contributed by atoms with Gasteiger partial charge in [-0.1, -0.05) is 6.42 Å². The van der Waals surface area contributed by atoms with Gasteiger partial charge in [0.25, 0.3) is 0 Å². The van der Waals surface area contributed by atoms with Crippen molar-refractivity contribution in [3.05, 3.63) is 21.9 Å². The molecule has 1 N–H and O–H groups in total. The monoisotopic (exact) mass is 266 g/mol. The van der Waals surface area contributed by atoms with E-state index in [-0.39, 0.29) is 0 Å². The summed E-state index contributed by atoms with van der Waals surface area (Å²) in [4.78, 5) is 5.49. The van der Waals surface area contributed by atoms with Crippen LogP contribution in [-0.2, 0) is 0 Å². The molecule has 18 heavy (non-hydrogen) atoms. The highest BCUT2D eigenvalue weighted by molar-refractivity contribution is 7.12. The van der Waals surface area contributed by atoms with Crippen molar-refractivity contribution in [2.24, 2.45) is 0 Å². The highest BCUT2D eigenvalue weighted by atomic mass is 32.1. The molecule has 1 aromatic rings. The van der Waals surface area contributed by atoms with Gasteiger partial charge in [0, 0.05) is 15.8 Å². The van der Waals surface area contributed by atoms with Crippen molar-refractivity contribution in [2.75, 3.05) is 26.2 Å². The van der Waals surface area contributed by atoms with Crippen molar-refractivity contribution in [3.8, 4) is 0 Å². The zero-order valence-electron chi connectivity index (χ0n) is 11.7. The van der Waals surface area contributed by atoms with E-state index in [4.69, 9.17) is 0 Å². The van der Waals surface area contributed by atoms with E-state index in [0.717, 1.165) is 6.54 Å². The molecule has 1 saturated heterocycles. The molecule has 3 heteroatoms. The van der Waals surface area contributed by atoms with Crippen molar-refractivity contribution in [3.63, 3.8) is 0 Å². The predicted molar refractivity (Wildman–Crippen MR) is 80.4 cm³/mol. The number of aryl methyl sites for hydroxylation is 1. The van der Waals surface area contributed by atoms with Gasteiger partial charge in [-0.05, 0) is 71.4 Å². The lowest BCUT2D eigenvalue weighted by Gasteiger charge is -2.26. The number of nitrogens with one attached hydrogen (secondary N) is 1. The molecule has 1 aromatic heterocycles. The Morgan fingerprint density at radius 2 is 2.06 bits per heavy atom. The van der Waals surface area contributed by atoms with Gasteiger partial charge in [-0.25, -0.2) is 0 Å². The number of hydrogen-bond donors (Lipinski definition) is 1. The van der Waals surface area contributed by atoms with Crippen molar-refractivity contribution < 1.29 is 0 Å². The Balaban J connectivity index is 1.60. The molecule has 0 amide bonds. The van der Waals surface area contributed by atoms with Crippen LogP contribution < -0.4 is 5.32 Å². The summed E-state index contributed by atoms with van der Waals surface area (Å²) in [5.74, 6) is 0. The van der Waals surface area contributed by atoms with E-state index in [1.165, 1.54) is 55.1 Å². The molecule has 2 nitrogen and oxygen atoms in total. The predicted octanol–water partition coefficient (Wildman–Crippen LogP) is 3.58. The minimum atomic E-state index is 0.505. The highest BCUT2D eigenvalue weighted by Crippen LogP contribution is 2.22. The van der Waals surface area contributed by atoms with E-state index in [0.29, 0.717) is 6.04 Å². The zero-order chi connectivity index (χ0) is 12.8. The third-order valence-electron chi connectivity index (χ3n) is 3.74. The Bertz CT molecular complexity index is 342. The summed E-state index contributed by atoms with van der Waals surface area (Å²) in [7, 11) is 0. The molecule has 0 aromatic carbocycles. The van der Waals surface area contributed by atoms with E-state index in [1.807, 2.05) is 11.3 Å². The standard InChI is InChI=1S/C15H26N2S/c1-13-7-8-15(18-13)14(2)16-9-6-12-17-10-4-3-5-11-17/h7-8,14,16H,3-6,9-12H2,1-2H3. The molecule has 0 saturated carbocycles. The Kier molecular flexibility index (Phi) is 5.67. The van der Waals surface area contributed by atoms with E-state index in [9.17, 15) is 0 Å². The van der Waals surface area contributed by atoms with E-state index in [1.54, 1.807) is 0 Å². The first-order valence-electron chi connectivity index (χ1n) is 7.28. The summed E-state index contributed by atoms with van der Waals surface area (Å²) >= 11 is 1.91. The van der Waals surface area contributed by atoms with Gasteiger partial charge >= 0.3 is 0 Å². The van der Waals surface area contributed by atoms with E-state index < -0.39 is 0 Å². The average Bonchev–Trinajstić information content (AvgIpc) is 2.82. The zero-order valence-corrected chi connectivity index (χ0v) is 12.6. The van der Waals surface area contributed by atoms with E-state index >= 15 is 0 Å². The number of rotatable bonds is 6. The molecule has 2 heterocycles. The maximum absolute atomic E-state index is 3.64. The van der Waals surface area contributed by atoms with Crippen molar-refractivity contribution in [1.29, 1.82) is 0 Å². The summed E-state index contributed by atoms with van der Waals surface area (Å²) < 4.78 is 0. The first-order chi connectivity index (χ1) is 8.75. The van der Waals surface area contributed by atoms with Gasteiger partial charge in [-0.3, -0.25) is 0 Å². The molecule has 1 aliphatic heterocycles. The minimum absolute atomic E-state index is 0.505. The largest absolute Gasteiger partial charge is 0.309 e. The molecular weight excluding hydrogens is 240 g/mol. The quantitative estimate of drug-likeness (QED) is 0.792. The Hall–Kier alpha value is -0.380. The average molecular weight is 266 g/mol. The number of piperidine rings is 1. The maximum atomic E-state index is 3.64. The fraction of sp³-hybridized carbons (Fsp3) is 0.733. The van der Waals surface area contributed by atoms with Crippen LogP contribution in [0.15, 0.2) is 12.1 Å². The van der Waals surface area contributed by atoms with Gasteiger partial charge in [0.15, 0.2) is 0 Å². The van der Waals surface area contributed by atoms with Crippen LogP contribution in [-0.4, -0.2) is 31.1 Å². The van der Waals surface area contributed by atoms with Crippen molar-refractivity contribution >= 4 is 11.3 Å². The van der Waals surface area contributed by atoms with Crippen molar-refractivity contribution in [2.45, 2.75) is 45.6 Å². The Labute approximate surface area is 115 Å². The van der Waals surface area contributed by atoms with E-state index in [2.05, 4.69) is 36.2 Å². The molecule has 2 rings (SSSR count). The highest BCUT2D eigenvalue weighted by Gasteiger charge is 2.10. The van der Waals surface area contributed by atoms with Crippen LogP contribution in [0.2, 0.25) is 0 Å². The van der Waals surface area contributed by atoms with Gasteiger partial charge in [0.2, 0.25) is 0 Å². The fourth-order valence-electron chi connectivity index (χ4n) is 2.59. The molecule has 102 valence electrons. The first-order valence-corrected chi connectivity index (χ1v) is 8.09. The molecule has 0 aliphatic carbocycles. The molecule has 0 spiro atoms.